The van der Waals surface area contributed by atoms with E-state index in [1.54, 1.807) is 6.07 Å². The number of anilines is 2. The summed E-state index contributed by atoms with van der Waals surface area (Å²) in [6.45, 7) is 5.05. The van der Waals surface area contributed by atoms with E-state index in [9.17, 15) is 4.39 Å². The van der Waals surface area contributed by atoms with Crippen LogP contribution in [-0.2, 0) is 11.3 Å². The second-order valence-electron chi connectivity index (χ2n) is 6.36. The fourth-order valence-electron chi connectivity index (χ4n) is 3.11. The van der Waals surface area contributed by atoms with Crippen molar-refractivity contribution in [1.82, 2.24) is 15.0 Å². The Hall–Kier alpha value is -2.80. The maximum Gasteiger partial charge on any atom is 0.149 e. The molecule has 1 aliphatic heterocycles. The second kappa shape index (κ2) is 7.21. The summed E-state index contributed by atoms with van der Waals surface area (Å²) in [4.78, 5) is 15.0. The number of para-hydroxylation sites is 1. The van der Waals surface area contributed by atoms with E-state index in [4.69, 9.17) is 4.74 Å². The van der Waals surface area contributed by atoms with Crippen molar-refractivity contribution in [2.24, 2.45) is 0 Å². The van der Waals surface area contributed by atoms with E-state index in [-0.39, 0.29) is 11.9 Å². The number of hydrogen-bond acceptors (Lipinski definition) is 6. The number of benzene rings is 1. The number of nitrogens with one attached hydrogen (secondary N) is 1. The lowest BCUT2D eigenvalue weighted by Gasteiger charge is -2.32. The number of rotatable bonds is 4. The van der Waals surface area contributed by atoms with Crippen LogP contribution in [0.25, 0.3) is 10.9 Å². The van der Waals surface area contributed by atoms with Crippen LogP contribution in [0.3, 0.4) is 0 Å². The van der Waals surface area contributed by atoms with Crippen molar-refractivity contribution in [3.8, 4) is 0 Å². The van der Waals surface area contributed by atoms with Crippen LogP contribution in [0, 0.1) is 5.82 Å². The number of ether oxygens (including phenoxy) is 1. The molecule has 1 N–H and O–H groups in total. The lowest BCUT2D eigenvalue weighted by Crippen LogP contribution is -2.41. The van der Waals surface area contributed by atoms with Gasteiger partial charge in [0, 0.05) is 31.2 Å². The van der Waals surface area contributed by atoms with Gasteiger partial charge in [0.1, 0.15) is 29.3 Å². The van der Waals surface area contributed by atoms with Crippen molar-refractivity contribution >= 4 is 22.5 Å². The number of nitrogens with zero attached hydrogens (tertiary/aromatic N) is 4. The average Bonchev–Trinajstić information content (AvgIpc) is 2.67. The first kappa shape index (κ1) is 16.7. The van der Waals surface area contributed by atoms with Gasteiger partial charge in [-0.1, -0.05) is 12.1 Å². The first-order chi connectivity index (χ1) is 12.7. The zero-order chi connectivity index (χ0) is 17.9. The molecular weight excluding hydrogens is 333 g/mol. The third-order valence-electron chi connectivity index (χ3n) is 4.45. The predicted molar refractivity (Wildman–Crippen MR) is 98.7 cm³/mol. The molecule has 2 aromatic heterocycles. The maximum absolute atomic E-state index is 13.8. The van der Waals surface area contributed by atoms with E-state index in [2.05, 4.69) is 32.1 Å². The Bertz CT molecular complexity index is 902. The zero-order valence-electron chi connectivity index (χ0n) is 14.5. The third kappa shape index (κ3) is 3.43. The van der Waals surface area contributed by atoms with Crippen LogP contribution in [0.4, 0.5) is 16.0 Å². The summed E-state index contributed by atoms with van der Waals surface area (Å²) >= 11 is 0. The van der Waals surface area contributed by atoms with E-state index < -0.39 is 0 Å². The number of halogens is 1. The minimum atomic E-state index is -0.348. The number of aromatic nitrogens is 3. The van der Waals surface area contributed by atoms with E-state index >= 15 is 0 Å². The molecule has 0 bridgehead atoms. The van der Waals surface area contributed by atoms with Crippen LogP contribution in [0.5, 0.6) is 0 Å². The SMILES string of the molecule is C[C@@H]1CN(c2ccc(CNc3ncnc4c(F)cccc34)cn2)CCO1. The topological polar surface area (TPSA) is 63.2 Å². The van der Waals surface area contributed by atoms with Gasteiger partial charge in [0.2, 0.25) is 0 Å². The number of pyridine rings is 1. The molecule has 1 aromatic carbocycles. The Labute approximate surface area is 151 Å². The van der Waals surface area contributed by atoms with Crippen LogP contribution in [0.2, 0.25) is 0 Å². The molecule has 1 saturated heterocycles. The fraction of sp³-hybridized carbons (Fsp3) is 0.316. The minimum absolute atomic E-state index is 0.221. The molecule has 0 spiro atoms. The highest BCUT2D eigenvalue weighted by Crippen LogP contribution is 2.22. The van der Waals surface area contributed by atoms with Gasteiger partial charge in [-0.3, -0.25) is 0 Å². The maximum atomic E-state index is 13.8. The molecular formula is C19H20FN5O. The summed E-state index contributed by atoms with van der Waals surface area (Å²) < 4.78 is 19.4. The van der Waals surface area contributed by atoms with Crippen LogP contribution in [0.15, 0.2) is 42.9 Å². The van der Waals surface area contributed by atoms with Gasteiger partial charge >= 0.3 is 0 Å². The van der Waals surface area contributed by atoms with Crippen molar-refractivity contribution in [3.05, 3.63) is 54.2 Å². The van der Waals surface area contributed by atoms with Gasteiger partial charge < -0.3 is 15.0 Å². The minimum Gasteiger partial charge on any atom is -0.375 e. The van der Waals surface area contributed by atoms with Crippen molar-refractivity contribution in [2.45, 2.75) is 19.6 Å². The normalized spacial score (nSPS) is 17.5. The van der Waals surface area contributed by atoms with E-state index in [1.807, 2.05) is 24.4 Å². The van der Waals surface area contributed by atoms with Crippen LogP contribution >= 0.6 is 0 Å². The Morgan fingerprint density at radius 1 is 1.23 bits per heavy atom. The molecule has 0 saturated carbocycles. The Morgan fingerprint density at radius 3 is 2.96 bits per heavy atom. The highest BCUT2D eigenvalue weighted by Gasteiger charge is 2.17. The van der Waals surface area contributed by atoms with Crippen molar-refractivity contribution < 1.29 is 9.13 Å². The molecule has 7 heteroatoms. The monoisotopic (exact) mass is 353 g/mol. The molecule has 1 fully saturated rings. The molecule has 134 valence electrons. The van der Waals surface area contributed by atoms with Gasteiger partial charge in [-0.25, -0.2) is 19.3 Å². The average molecular weight is 353 g/mol. The van der Waals surface area contributed by atoms with E-state index in [1.165, 1.54) is 12.4 Å². The van der Waals surface area contributed by atoms with Crippen LogP contribution in [0.1, 0.15) is 12.5 Å². The first-order valence-electron chi connectivity index (χ1n) is 8.65. The quantitative estimate of drug-likeness (QED) is 0.778. The largest absolute Gasteiger partial charge is 0.375 e. The van der Waals surface area contributed by atoms with Crippen molar-refractivity contribution in [1.29, 1.82) is 0 Å². The fourth-order valence-corrected chi connectivity index (χ4v) is 3.11. The highest BCUT2D eigenvalue weighted by molar-refractivity contribution is 5.89. The second-order valence-corrected chi connectivity index (χ2v) is 6.36. The van der Waals surface area contributed by atoms with E-state index in [0.29, 0.717) is 23.3 Å². The van der Waals surface area contributed by atoms with Gasteiger partial charge in [-0.15, -0.1) is 0 Å². The molecule has 3 aromatic rings. The summed E-state index contributed by atoms with van der Waals surface area (Å²) in [5.74, 6) is 1.22. The van der Waals surface area contributed by atoms with Crippen LogP contribution < -0.4 is 10.2 Å². The Kier molecular flexibility index (Phi) is 4.62. The lowest BCUT2D eigenvalue weighted by atomic mass is 10.2. The van der Waals surface area contributed by atoms with Crippen molar-refractivity contribution in [2.75, 3.05) is 29.9 Å². The smallest absolute Gasteiger partial charge is 0.149 e. The Balaban J connectivity index is 1.46. The zero-order valence-corrected chi connectivity index (χ0v) is 14.5. The molecule has 1 atom stereocenters. The first-order valence-corrected chi connectivity index (χ1v) is 8.65. The van der Waals surface area contributed by atoms with Crippen molar-refractivity contribution in [3.63, 3.8) is 0 Å². The molecule has 6 nitrogen and oxygen atoms in total. The summed E-state index contributed by atoms with van der Waals surface area (Å²) in [5, 5.41) is 3.91. The highest BCUT2D eigenvalue weighted by atomic mass is 19.1. The van der Waals surface area contributed by atoms with Gasteiger partial charge in [0.05, 0.1) is 12.7 Å². The molecule has 3 heterocycles. The molecule has 1 aliphatic rings. The van der Waals surface area contributed by atoms with Gasteiger partial charge in [0.25, 0.3) is 0 Å². The Morgan fingerprint density at radius 2 is 2.15 bits per heavy atom. The van der Waals surface area contributed by atoms with Gasteiger partial charge in [-0.05, 0) is 30.7 Å². The molecule has 0 amide bonds. The molecule has 0 aliphatic carbocycles. The number of morpholine rings is 1. The summed E-state index contributed by atoms with van der Waals surface area (Å²) in [6.07, 6.45) is 3.44. The van der Waals surface area contributed by atoms with Gasteiger partial charge in [0.15, 0.2) is 0 Å². The standard InChI is InChI=1S/C19H20FN5O/c1-13-11-25(7-8-26-13)17-6-5-14(9-21-17)10-22-19-15-3-2-4-16(20)18(15)23-12-24-19/h2-6,9,12-13H,7-8,10-11H2,1H3,(H,22,23,24)/t13-/m1/s1. The third-order valence-corrected chi connectivity index (χ3v) is 4.45. The molecule has 26 heavy (non-hydrogen) atoms. The van der Waals surface area contributed by atoms with E-state index in [0.717, 1.165) is 31.1 Å². The summed E-state index contributed by atoms with van der Waals surface area (Å²) in [7, 11) is 0. The molecule has 4 rings (SSSR count). The summed E-state index contributed by atoms with van der Waals surface area (Å²) in [5.41, 5.74) is 1.35. The summed E-state index contributed by atoms with van der Waals surface area (Å²) in [6, 6.07) is 8.92. The predicted octanol–water partition coefficient (Wildman–Crippen LogP) is 3.00. The molecule has 0 radical (unpaired) electrons. The van der Waals surface area contributed by atoms with Crippen LogP contribution in [-0.4, -0.2) is 40.8 Å². The molecule has 0 unspecified atom stereocenters. The number of fused-ring (bicyclic) bond motifs is 1. The van der Waals surface area contributed by atoms with Gasteiger partial charge in [-0.2, -0.15) is 0 Å². The lowest BCUT2D eigenvalue weighted by molar-refractivity contribution is 0.0529. The number of hydrogen-bond donors (Lipinski definition) is 1.